The zero-order chi connectivity index (χ0) is 21.4. The van der Waals surface area contributed by atoms with Crippen molar-refractivity contribution in [2.45, 2.75) is 6.54 Å². The minimum atomic E-state index is -0.323. The van der Waals surface area contributed by atoms with Gasteiger partial charge in [-0.3, -0.25) is 14.2 Å². The van der Waals surface area contributed by atoms with E-state index in [0.29, 0.717) is 21.7 Å². The Labute approximate surface area is 184 Å². The van der Waals surface area contributed by atoms with Crippen molar-refractivity contribution >= 4 is 54.7 Å². The molecule has 0 saturated carbocycles. The number of fused-ring (bicyclic) bond motifs is 3. The smallest absolute Gasteiger partial charge is 0.271 e. The maximum atomic E-state index is 13.0. The number of thiophene rings is 2. The fourth-order valence-electron chi connectivity index (χ4n) is 3.28. The summed E-state index contributed by atoms with van der Waals surface area (Å²) in [6, 6.07) is 14.9. The third-order valence-corrected chi connectivity index (χ3v) is 6.72. The standard InChI is InChI=1S/C22H16N4O3S2/c1-29-14-5-2-4-13(10-14)24-18(27)11-26-12-23-19-15-7-8-16(17-6-3-9-30-17)25-21(15)31-20(19)22(26)28/h2-10,12H,11H2,1H3,(H,24,27). The highest BCUT2D eigenvalue weighted by Crippen LogP contribution is 2.32. The topological polar surface area (TPSA) is 86.1 Å². The molecule has 1 N–H and O–H groups in total. The molecule has 0 atom stereocenters. The van der Waals surface area contributed by atoms with Crippen LogP contribution in [0.4, 0.5) is 5.69 Å². The number of ether oxygens (including phenoxy) is 1. The molecule has 0 saturated heterocycles. The number of rotatable bonds is 5. The largest absolute Gasteiger partial charge is 0.497 e. The Hall–Kier alpha value is -3.56. The summed E-state index contributed by atoms with van der Waals surface area (Å²) in [5, 5.41) is 5.62. The summed E-state index contributed by atoms with van der Waals surface area (Å²) in [5.41, 5.74) is 1.82. The molecule has 0 aliphatic carbocycles. The first-order valence-corrected chi connectivity index (χ1v) is 11.1. The molecule has 0 fully saturated rings. The van der Waals surface area contributed by atoms with E-state index in [9.17, 15) is 9.59 Å². The molecular weight excluding hydrogens is 432 g/mol. The quantitative estimate of drug-likeness (QED) is 0.431. The number of pyridine rings is 1. The summed E-state index contributed by atoms with van der Waals surface area (Å²) in [6.45, 7) is -0.138. The molecule has 0 spiro atoms. The Balaban J connectivity index is 1.45. The molecule has 4 heterocycles. The molecule has 154 valence electrons. The highest BCUT2D eigenvalue weighted by Gasteiger charge is 2.15. The summed E-state index contributed by atoms with van der Waals surface area (Å²) in [5.74, 6) is 0.313. The summed E-state index contributed by atoms with van der Waals surface area (Å²) in [6.07, 6.45) is 1.41. The number of amides is 1. The van der Waals surface area contributed by atoms with Gasteiger partial charge in [-0.2, -0.15) is 0 Å². The van der Waals surface area contributed by atoms with Gasteiger partial charge in [0.1, 0.15) is 21.8 Å². The second-order valence-electron chi connectivity index (χ2n) is 6.76. The number of hydrogen-bond acceptors (Lipinski definition) is 7. The second-order valence-corrected chi connectivity index (χ2v) is 8.71. The lowest BCUT2D eigenvalue weighted by molar-refractivity contribution is -0.116. The van der Waals surface area contributed by atoms with Crippen molar-refractivity contribution in [1.82, 2.24) is 14.5 Å². The van der Waals surface area contributed by atoms with Gasteiger partial charge in [-0.1, -0.05) is 12.1 Å². The first-order chi connectivity index (χ1) is 15.1. The van der Waals surface area contributed by atoms with E-state index in [1.807, 2.05) is 29.6 Å². The Kier molecular flexibility index (Phi) is 4.97. The van der Waals surface area contributed by atoms with Gasteiger partial charge in [-0.15, -0.1) is 22.7 Å². The van der Waals surface area contributed by atoms with E-state index in [0.717, 1.165) is 20.8 Å². The van der Waals surface area contributed by atoms with E-state index in [1.165, 1.54) is 22.2 Å². The molecule has 0 unspecified atom stereocenters. The number of carbonyl (C=O) groups excluding carboxylic acids is 1. The van der Waals surface area contributed by atoms with Crippen molar-refractivity contribution in [3.63, 3.8) is 0 Å². The van der Waals surface area contributed by atoms with Crippen LogP contribution in [-0.2, 0) is 11.3 Å². The minimum absolute atomic E-state index is 0.138. The second kappa shape index (κ2) is 7.93. The predicted octanol–water partition coefficient (Wildman–Crippen LogP) is 4.38. The zero-order valence-corrected chi connectivity index (χ0v) is 18.0. The number of nitrogens with zero attached hydrogens (tertiary/aromatic N) is 3. The normalized spacial score (nSPS) is 11.1. The zero-order valence-electron chi connectivity index (χ0n) is 16.4. The average Bonchev–Trinajstić information content (AvgIpc) is 3.44. The van der Waals surface area contributed by atoms with Gasteiger partial charge in [0.25, 0.3) is 5.56 Å². The highest BCUT2D eigenvalue weighted by atomic mass is 32.1. The van der Waals surface area contributed by atoms with E-state index >= 15 is 0 Å². The van der Waals surface area contributed by atoms with Crippen LogP contribution >= 0.6 is 22.7 Å². The minimum Gasteiger partial charge on any atom is -0.497 e. The van der Waals surface area contributed by atoms with Gasteiger partial charge in [0.15, 0.2) is 0 Å². The molecule has 0 radical (unpaired) electrons. The van der Waals surface area contributed by atoms with Gasteiger partial charge >= 0.3 is 0 Å². The van der Waals surface area contributed by atoms with Crippen LogP contribution in [0.25, 0.3) is 31.0 Å². The fraction of sp³-hybridized carbons (Fsp3) is 0.0909. The molecule has 7 nitrogen and oxygen atoms in total. The number of hydrogen-bond donors (Lipinski definition) is 1. The number of carbonyl (C=O) groups is 1. The van der Waals surface area contributed by atoms with Crippen molar-refractivity contribution in [3.8, 4) is 16.3 Å². The van der Waals surface area contributed by atoms with Crippen molar-refractivity contribution < 1.29 is 9.53 Å². The van der Waals surface area contributed by atoms with Crippen molar-refractivity contribution in [3.05, 3.63) is 70.6 Å². The number of nitrogens with one attached hydrogen (secondary N) is 1. The predicted molar refractivity (Wildman–Crippen MR) is 124 cm³/mol. The van der Waals surface area contributed by atoms with Crippen LogP contribution in [0, 0.1) is 0 Å². The van der Waals surface area contributed by atoms with Gasteiger partial charge < -0.3 is 10.1 Å². The molecule has 31 heavy (non-hydrogen) atoms. The lowest BCUT2D eigenvalue weighted by Gasteiger charge is -2.08. The molecule has 9 heteroatoms. The SMILES string of the molecule is COc1cccc(NC(=O)Cn2cnc3c(sc4nc(-c5cccs5)ccc43)c2=O)c1. The Bertz CT molecular complexity index is 1470. The Morgan fingerprint density at radius 1 is 1.19 bits per heavy atom. The maximum Gasteiger partial charge on any atom is 0.271 e. The fourth-order valence-corrected chi connectivity index (χ4v) is 5.05. The van der Waals surface area contributed by atoms with Crippen LogP contribution in [0.15, 0.2) is 65.0 Å². The summed E-state index contributed by atoms with van der Waals surface area (Å²) < 4.78 is 6.96. The van der Waals surface area contributed by atoms with E-state index in [2.05, 4.69) is 10.3 Å². The molecule has 4 aromatic heterocycles. The Morgan fingerprint density at radius 3 is 2.90 bits per heavy atom. The van der Waals surface area contributed by atoms with Crippen molar-refractivity contribution in [1.29, 1.82) is 0 Å². The van der Waals surface area contributed by atoms with Crippen LogP contribution < -0.4 is 15.6 Å². The lowest BCUT2D eigenvalue weighted by atomic mass is 10.2. The monoisotopic (exact) mass is 448 g/mol. The number of benzene rings is 1. The number of methoxy groups -OCH3 is 1. The van der Waals surface area contributed by atoms with Crippen molar-refractivity contribution in [2.75, 3.05) is 12.4 Å². The Morgan fingerprint density at radius 2 is 2.10 bits per heavy atom. The third kappa shape index (κ3) is 3.69. The number of aromatic nitrogens is 3. The van der Waals surface area contributed by atoms with E-state index in [-0.39, 0.29) is 18.0 Å². The first kappa shape index (κ1) is 19.4. The molecule has 5 aromatic rings. The molecule has 1 amide bonds. The number of anilines is 1. The van der Waals surface area contributed by atoms with Crippen LogP contribution in [0.5, 0.6) is 5.75 Å². The molecule has 0 aliphatic heterocycles. The highest BCUT2D eigenvalue weighted by molar-refractivity contribution is 7.25. The average molecular weight is 449 g/mol. The molecule has 0 bridgehead atoms. The molecule has 5 rings (SSSR count). The first-order valence-electron chi connectivity index (χ1n) is 9.39. The van der Waals surface area contributed by atoms with Crippen molar-refractivity contribution in [2.24, 2.45) is 0 Å². The molecular formula is C22H16N4O3S2. The van der Waals surface area contributed by atoms with Crippen LogP contribution in [-0.4, -0.2) is 27.6 Å². The van der Waals surface area contributed by atoms with E-state index in [1.54, 1.807) is 42.7 Å². The van der Waals surface area contributed by atoms with Crippen LogP contribution in [0.2, 0.25) is 0 Å². The van der Waals surface area contributed by atoms with Gasteiger partial charge in [-0.05, 0) is 35.7 Å². The third-order valence-electron chi connectivity index (χ3n) is 4.75. The summed E-state index contributed by atoms with van der Waals surface area (Å²) in [7, 11) is 1.56. The van der Waals surface area contributed by atoms with E-state index in [4.69, 9.17) is 9.72 Å². The van der Waals surface area contributed by atoms with Gasteiger partial charge in [0.2, 0.25) is 5.91 Å². The maximum absolute atomic E-state index is 13.0. The molecule has 1 aromatic carbocycles. The van der Waals surface area contributed by atoms with Gasteiger partial charge in [-0.25, -0.2) is 9.97 Å². The summed E-state index contributed by atoms with van der Waals surface area (Å²) in [4.78, 5) is 36.5. The van der Waals surface area contributed by atoms with Crippen LogP contribution in [0.3, 0.4) is 0 Å². The molecule has 0 aliphatic rings. The van der Waals surface area contributed by atoms with Gasteiger partial charge in [0, 0.05) is 17.1 Å². The lowest BCUT2D eigenvalue weighted by Crippen LogP contribution is -2.27. The van der Waals surface area contributed by atoms with Crippen LogP contribution in [0.1, 0.15) is 0 Å². The summed E-state index contributed by atoms with van der Waals surface area (Å²) >= 11 is 2.91. The van der Waals surface area contributed by atoms with E-state index < -0.39 is 0 Å². The van der Waals surface area contributed by atoms with Gasteiger partial charge in [0.05, 0.1) is 29.5 Å².